The third-order valence-electron chi connectivity index (χ3n) is 4.91. The Balaban J connectivity index is 2.16. The Labute approximate surface area is 156 Å². The van der Waals surface area contributed by atoms with Crippen molar-refractivity contribution in [2.45, 2.75) is 38.1 Å². The maximum absolute atomic E-state index is 12.5. The van der Waals surface area contributed by atoms with Gasteiger partial charge in [0.25, 0.3) is 0 Å². The normalized spacial score (nSPS) is 15.5. The molecule has 1 saturated heterocycles. The van der Waals surface area contributed by atoms with Crippen LogP contribution in [0.25, 0.3) is 11.0 Å². The lowest BCUT2D eigenvalue weighted by Gasteiger charge is -2.36. The number of furan rings is 1. The molecule has 2 aromatic rings. The predicted molar refractivity (Wildman–Crippen MR) is 102 cm³/mol. The number of nitrogens with zero attached hydrogens (tertiary/aromatic N) is 1. The molecule has 0 bridgehead atoms. The first-order chi connectivity index (χ1) is 12.1. The molecular weight excluding hydrogens is 386 g/mol. The van der Waals surface area contributed by atoms with Crippen LogP contribution in [0, 0.1) is 6.92 Å². The van der Waals surface area contributed by atoms with Gasteiger partial charge in [-0.25, -0.2) is 4.79 Å². The third kappa shape index (κ3) is 3.42. The molecule has 1 fully saturated rings. The molecule has 0 radical (unpaired) electrons. The van der Waals surface area contributed by atoms with Gasteiger partial charge in [0.1, 0.15) is 11.3 Å². The second-order valence-corrected chi connectivity index (χ2v) is 6.84. The van der Waals surface area contributed by atoms with Crippen LogP contribution in [-0.2, 0) is 14.8 Å². The molecule has 0 spiro atoms. The fourth-order valence-electron chi connectivity index (χ4n) is 3.67. The van der Waals surface area contributed by atoms with Crippen molar-refractivity contribution in [3.8, 4) is 0 Å². The number of esters is 1. The van der Waals surface area contributed by atoms with Crippen LogP contribution in [0.2, 0.25) is 0 Å². The van der Waals surface area contributed by atoms with E-state index in [4.69, 9.17) is 13.9 Å². The molecule has 1 aromatic heterocycles. The largest absolute Gasteiger partial charge is 0.465 e. The number of methoxy groups -OCH3 is 1. The molecule has 1 aliphatic rings. The summed E-state index contributed by atoms with van der Waals surface area (Å²) in [7, 11) is 1.42. The zero-order valence-corrected chi connectivity index (χ0v) is 16.5. The van der Waals surface area contributed by atoms with Crippen LogP contribution in [0.15, 0.2) is 16.5 Å². The number of carbonyl (C=O) groups excluding carboxylic acids is 1. The van der Waals surface area contributed by atoms with Crippen LogP contribution >= 0.6 is 15.9 Å². The van der Waals surface area contributed by atoms with E-state index in [9.17, 15) is 4.79 Å². The number of ether oxygens (including phenoxy) is 2. The van der Waals surface area contributed by atoms with Crippen LogP contribution in [-0.4, -0.2) is 38.9 Å². The summed E-state index contributed by atoms with van der Waals surface area (Å²) in [6.45, 7) is 6.55. The van der Waals surface area contributed by atoms with E-state index in [1.807, 2.05) is 13.0 Å². The number of hydrogen-bond donors (Lipinski definition) is 0. The van der Waals surface area contributed by atoms with Gasteiger partial charge in [-0.3, -0.25) is 0 Å². The number of rotatable bonds is 5. The van der Waals surface area contributed by atoms with Crippen LogP contribution in [0.4, 0.5) is 5.69 Å². The summed E-state index contributed by atoms with van der Waals surface area (Å²) < 4.78 is 16.5. The monoisotopic (exact) mass is 409 g/mol. The number of anilines is 1. The minimum atomic E-state index is -0.325. The SMILES string of the molecule is CCN(c1cc2oc(CBr)cc2c(C(=O)OC)c1C)C1CCOCC1. The van der Waals surface area contributed by atoms with Crippen LogP contribution in [0.1, 0.15) is 41.4 Å². The summed E-state index contributed by atoms with van der Waals surface area (Å²) >= 11 is 3.42. The lowest BCUT2D eigenvalue weighted by Crippen LogP contribution is -2.40. The Hall–Kier alpha value is -1.53. The maximum atomic E-state index is 12.5. The van der Waals surface area contributed by atoms with Gasteiger partial charge in [0, 0.05) is 42.9 Å². The quantitative estimate of drug-likeness (QED) is 0.539. The number of halogens is 1. The van der Waals surface area contributed by atoms with E-state index < -0.39 is 0 Å². The average Bonchev–Trinajstić information content (AvgIpc) is 3.05. The number of hydrogen-bond acceptors (Lipinski definition) is 5. The molecule has 0 N–H and O–H groups in total. The van der Waals surface area contributed by atoms with E-state index in [0.29, 0.717) is 16.9 Å². The Kier molecular flexibility index (Phi) is 5.69. The number of carbonyl (C=O) groups is 1. The molecule has 1 aliphatic heterocycles. The molecule has 0 saturated carbocycles. The van der Waals surface area contributed by atoms with E-state index >= 15 is 0 Å². The highest BCUT2D eigenvalue weighted by atomic mass is 79.9. The molecular formula is C19H24BrNO4. The smallest absolute Gasteiger partial charge is 0.338 e. The van der Waals surface area contributed by atoms with Gasteiger partial charge in [-0.15, -0.1) is 0 Å². The Bertz CT molecular complexity index is 764. The van der Waals surface area contributed by atoms with Crippen molar-refractivity contribution in [2.24, 2.45) is 0 Å². The molecule has 25 heavy (non-hydrogen) atoms. The van der Waals surface area contributed by atoms with Crippen molar-refractivity contribution >= 4 is 38.6 Å². The zero-order valence-electron chi connectivity index (χ0n) is 14.9. The molecule has 5 nitrogen and oxygen atoms in total. The molecule has 2 heterocycles. The average molecular weight is 410 g/mol. The maximum Gasteiger partial charge on any atom is 0.338 e. The number of fused-ring (bicyclic) bond motifs is 1. The van der Waals surface area contributed by atoms with Crippen molar-refractivity contribution in [3.63, 3.8) is 0 Å². The number of alkyl halides is 1. The molecule has 1 aromatic carbocycles. The van der Waals surface area contributed by atoms with Gasteiger partial charge in [-0.1, -0.05) is 15.9 Å². The Morgan fingerprint density at radius 3 is 2.68 bits per heavy atom. The van der Waals surface area contributed by atoms with E-state index in [1.54, 1.807) is 0 Å². The highest BCUT2D eigenvalue weighted by molar-refractivity contribution is 9.08. The minimum absolute atomic E-state index is 0.325. The fraction of sp³-hybridized carbons (Fsp3) is 0.526. The van der Waals surface area contributed by atoms with Crippen LogP contribution in [0.5, 0.6) is 0 Å². The predicted octanol–water partition coefficient (Wildman–Crippen LogP) is 4.43. The van der Waals surface area contributed by atoms with Gasteiger partial charge in [0.05, 0.1) is 18.0 Å². The number of benzene rings is 1. The summed E-state index contributed by atoms with van der Waals surface area (Å²) in [5, 5.41) is 1.42. The van der Waals surface area contributed by atoms with Crippen molar-refractivity contribution in [1.29, 1.82) is 0 Å². The molecule has 0 aliphatic carbocycles. The topological polar surface area (TPSA) is 51.9 Å². The highest BCUT2D eigenvalue weighted by Crippen LogP contribution is 2.36. The Morgan fingerprint density at radius 2 is 2.08 bits per heavy atom. The summed E-state index contributed by atoms with van der Waals surface area (Å²) in [4.78, 5) is 14.8. The van der Waals surface area contributed by atoms with Crippen LogP contribution < -0.4 is 4.90 Å². The first-order valence-electron chi connectivity index (χ1n) is 8.65. The summed E-state index contributed by atoms with van der Waals surface area (Å²) in [5.74, 6) is 0.472. The molecule has 0 unspecified atom stereocenters. The van der Waals surface area contributed by atoms with Crippen LogP contribution in [0.3, 0.4) is 0 Å². The van der Waals surface area contributed by atoms with Gasteiger partial charge in [-0.05, 0) is 38.3 Å². The van der Waals surface area contributed by atoms with E-state index in [0.717, 1.165) is 60.6 Å². The summed E-state index contributed by atoms with van der Waals surface area (Å²) in [6, 6.07) is 4.38. The highest BCUT2D eigenvalue weighted by Gasteiger charge is 2.26. The third-order valence-corrected chi connectivity index (χ3v) is 5.46. The summed E-state index contributed by atoms with van der Waals surface area (Å²) in [5.41, 5.74) is 3.30. The van der Waals surface area contributed by atoms with Gasteiger partial charge in [0.15, 0.2) is 0 Å². The van der Waals surface area contributed by atoms with E-state index in [1.165, 1.54) is 7.11 Å². The lowest BCUT2D eigenvalue weighted by molar-refractivity contribution is 0.0602. The van der Waals surface area contributed by atoms with Gasteiger partial charge in [0.2, 0.25) is 0 Å². The summed E-state index contributed by atoms with van der Waals surface area (Å²) in [6.07, 6.45) is 1.98. The first-order valence-corrected chi connectivity index (χ1v) is 9.77. The molecule has 6 heteroatoms. The van der Waals surface area contributed by atoms with Crippen molar-refractivity contribution in [1.82, 2.24) is 0 Å². The second-order valence-electron chi connectivity index (χ2n) is 6.27. The Morgan fingerprint density at radius 1 is 1.36 bits per heavy atom. The lowest BCUT2D eigenvalue weighted by atomic mass is 9.98. The van der Waals surface area contributed by atoms with Gasteiger partial charge >= 0.3 is 5.97 Å². The minimum Gasteiger partial charge on any atom is -0.465 e. The van der Waals surface area contributed by atoms with Gasteiger partial charge < -0.3 is 18.8 Å². The second kappa shape index (κ2) is 7.79. The van der Waals surface area contributed by atoms with Crippen molar-refractivity contribution in [3.05, 3.63) is 29.0 Å². The van der Waals surface area contributed by atoms with Crippen molar-refractivity contribution in [2.75, 3.05) is 31.8 Å². The first kappa shape index (κ1) is 18.3. The molecule has 0 atom stereocenters. The molecule has 3 rings (SSSR count). The van der Waals surface area contributed by atoms with Gasteiger partial charge in [-0.2, -0.15) is 0 Å². The fourth-order valence-corrected chi connectivity index (χ4v) is 3.95. The molecule has 136 valence electrons. The zero-order chi connectivity index (χ0) is 18.0. The van der Waals surface area contributed by atoms with Crippen molar-refractivity contribution < 1.29 is 18.7 Å². The van der Waals surface area contributed by atoms with E-state index in [2.05, 4.69) is 33.8 Å². The molecule has 0 amide bonds. The van der Waals surface area contributed by atoms with E-state index in [-0.39, 0.29) is 5.97 Å². The standard InChI is InChI=1S/C19H24BrNO4/c1-4-21(13-5-7-24-8-6-13)16-10-17-15(9-14(11-20)25-17)18(12(16)2)19(22)23-3/h9-10,13H,4-8,11H2,1-3H3.